The molecule has 0 saturated carbocycles. The largest absolute Gasteiger partial charge is 0.482 e. The van der Waals surface area contributed by atoms with Crippen LogP contribution >= 0.6 is 0 Å². The quantitative estimate of drug-likeness (QED) is 0.771. The van der Waals surface area contributed by atoms with E-state index in [1.807, 2.05) is 6.92 Å². The second-order valence-electron chi connectivity index (χ2n) is 6.15. The minimum atomic E-state index is -1.02. The third-order valence-corrected chi connectivity index (χ3v) is 3.24. The summed E-state index contributed by atoms with van der Waals surface area (Å²) in [6.07, 6.45) is 1.52. The van der Waals surface area contributed by atoms with Crippen molar-refractivity contribution in [3.05, 3.63) is 23.8 Å². The van der Waals surface area contributed by atoms with Crippen molar-refractivity contribution in [3.8, 4) is 5.75 Å². The fraction of sp³-hybridized carbons (Fsp3) is 0.529. The Labute approximate surface area is 131 Å². The van der Waals surface area contributed by atoms with Gasteiger partial charge in [0.15, 0.2) is 6.61 Å². The fourth-order valence-corrected chi connectivity index (χ4v) is 2.42. The monoisotopic (exact) mass is 307 g/mol. The van der Waals surface area contributed by atoms with E-state index in [2.05, 4.69) is 26.1 Å². The predicted octanol–water partition coefficient (Wildman–Crippen LogP) is 3.47. The van der Waals surface area contributed by atoms with Crippen LogP contribution < -0.4 is 10.1 Å². The molecule has 1 atom stereocenters. The molecule has 0 aromatic heterocycles. The maximum absolute atomic E-state index is 12.0. The van der Waals surface area contributed by atoms with Crippen LogP contribution in [0, 0.1) is 18.8 Å². The average molecular weight is 307 g/mol. The van der Waals surface area contributed by atoms with Gasteiger partial charge in [-0.05, 0) is 48.9 Å². The number of rotatable bonds is 8. The maximum atomic E-state index is 12.0. The SMILES string of the molecule is Cc1cc(OCC(=O)O)ccc1NC(=O)CC(C)CC(C)C. The number of carbonyl (C=O) groups is 2. The number of hydrogen-bond acceptors (Lipinski definition) is 3. The number of aliphatic carboxylic acids is 1. The van der Waals surface area contributed by atoms with Gasteiger partial charge >= 0.3 is 5.97 Å². The third-order valence-electron chi connectivity index (χ3n) is 3.24. The molecular formula is C17H25NO4. The Morgan fingerprint density at radius 3 is 2.50 bits per heavy atom. The molecule has 0 aliphatic carbocycles. The third kappa shape index (κ3) is 6.61. The Balaban J connectivity index is 2.58. The lowest BCUT2D eigenvalue weighted by Gasteiger charge is -2.15. The second-order valence-corrected chi connectivity index (χ2v) is 6.15. The first-order valence-corrected chi connectivity index (χ1v) is 7.53. The van der Waals surface area contributed by atoms with Gasteiger partial charge in [-0.25, -0.2) is 4.79 Å². The van der Waals surface area contributed by atoms with Crippen molar-refractivity contribution in [3.63, 3.8) is 0 Å². The van der Waals surface area contributed by atoms with Crippen molar-refractivity contribution in [2.75, 3.05) is 11.9 Å². The van der Waals surface area contributed by atoms with E-state index in [0.717, 1.165) is 17.7 Å². The Bertz CT molecular complexity index is 525. The molecule has 5 nitrogen and oxygen atoms in total. The summed E-state index contributed by atoms with van der Waals surface area (Å²) >= 11 is 0. The molecule has 1 rings (SSSR count). The van der Waals surface area contributed by atoms with E-state index < -0.39 is 5.97 Å². The van der Waals surface area contributed by atoms with Gasteiger partial charge in [0.25, 0.3) is 0 Å². The van der Waals surface area contributed by atoms with E-state index in [0.29, 0.717) is 24.0 Å². The summed E-state index contributed by atoms with van der Waals surface area (Å²) in [4.78, 5) is 22.5. The van der Waals surface area contributed by atoms with Gasteiger partial charge in [-0.2, -0.15) is 0 Å². The van der Waals surface area contributed by atoms with Crippen LogP contribution in [0.3, 0.4) is 0 Å². The van der Waals surface area contributed by atoms with Gasteiger partial charge in [-0.1, -0.05) is 20.8 Å². The van der Waals surface area contributed by atoms with E-state index in [4.69, 9.17) is 9.84 Å². The second kappa shape index (κ2) is 8.41. The van der Waals surface area contributed by atoms with Crippen molar-refractivity contribution < 1.29 is 19.4 Å². The molecule has 0 spiro atoms. The van der Waals surface area contributed by atoms with Crippen LogP contribution in [0.2, 0.25) is 0 Å². The number of amides is 1. The normalized spacial score (nSPS) is 12.0. The maximum Gasteiger partial charge on any atom is 0.341 e. The molecule has 1 unspecified atom stereocenters. The summed E-state index contributed by atoms with van der Waals surface area (Å²) in [5.41, 5.74) is 1.57. The zero-order valence-corrected chi connectivity index (χ0v) is 13.7. The van der Waals surface area contributed by atoms with Crippen LogP contribution in [0.5, 0.6) is 5.75 Å². The first-order valence-electron chi connectivity index (χ1n) is 7.53. The van der Waals surface area contributed by atoms with Crippen molar-refractivity contribution in [2.24, 2.45) is 11.8 Å². The number of carbonyl (C=O) groups excluding carboxylic acids is 1. The summed E-state index contributed by atoms with van der Waals surface area (Å²) in [5, 5.41) is 11.5. The van der Waals surface area contributed by atoms with Crippen molar-refractivity contribution in [2.45, 2.75) is 40.5 Å². The lowest BCUT2D eigenvalue weighted by atomic mass is 9.96. The molecule has 0 fully saturated rings. The Kier molecular flexibility index (Phi) is 6.89. The molecule has 0 aliphatic heterocycles. The molecule has 0 heterocycles. The van der Waals surface area contributed by atoms with Crippen molar-refractivity contribution in [1.29, 1.82) is 0 Å². The smallest absolute Gasteiger partial charge is 0.341 e. The predicted molar refractivity (Wildman–Crippen MR) is 86.2 cm³/mol. The molecule has 122 valence electrons. The molecule has 0 radical (unpaired) electrons. The number of nitrogens with one attached hydrogen (secondary N) is 1. The van der Waals surface area contributed by atoms with E-state index in [1.165, 1.54) is 0 Å². The molecule has 5 heteroatoms. The van der Waals surface area contributed by atoms with Crippen LogP contribution in [0.4, 0.5) is 5.69 Å². The molecular weight excluding hydrogens is 282 g/mol. The molecule has 0 aliphatic rings. The minimum Gasteiger partial charge on any atom is -0.482 e. The topological polar surface area (TPSA) is 75.6 Å². The zero-order valence-electron chi connectivity index (χ0n) is 13.7. The molecule has 0 saturated heterocycles. The highest BCUT2D eigenvalue weighted by atomic mass is 16.5. The standard InChI is InChI=1S/C17H25NO4/c1-11(2)7-12(3)8-16(19)18-15-6-5-14(9-13(15)4)22-10-17(20)21/h5-6,9,11-12H,7-8,10H2,1-4H3,(H,18,19)(H,20,21). The highest BCUT2D eigenvalue weighted by Crippen LogP contribution is 2.22. The number of anilines is 1. The zero-order chi connectivity index (χ0) is 16.7. The Morgan fingerprint density at radius 1 is 1.27 bits per heavy atom. The molecule has 2 N–H and O–H groups in total. The lowest BCUT2D eigenvalue weighted by Crippen LogP contribution is -2.16. The number of carboxylic acid groups (broad SMARTS) is 1. The van der Waals surface area contributed by atoms with Gasteiger partial charge in [-0.3, -0.25) is 4.79 Å². The number of benzene rings is 1. The van der Waals surface area contributed by atoms with E-state index in [1.54, 1.807) is 18.2 Å². The molecule has 0 bridgehead atoms. The first-order chi connectivity index (χ1) is 10.3. The highest BCUT2D eigenvalue weighted by Gasteiger charge is 2.12. The molecule has 1 amide bonds. The van der Waals surface area contributed by atoms with Gasteiger partial charge in [0.1, 0.15) is 5.75 Å². The molecule has 22 heavy (non-hydrogen) atoms. The van der Waals surface area contributed by atoms with Crippen LogP contribution in [-0.2, 0) is 9.59 Å². The van der Waals surface area contributed by atoms with Gasteiger partial charge in [0, 0.05) is 12.1 Å². The van der Waals surface area contributed by atoms with Crippen molar-refractivity contribution >= 4 is 17.6 Å². The Hall–Kier alpha value is -2.04. The van der Waals surface area contributed by atoms with Crippen LogP contribution in [0.25, 0.3) is 0 Å². The van der Waals surface area contributed by atoms with Gasteiger partial charge in [0.05, 0.1) is 0 Å². The fourth-order valence-electron chi connectivity index (χ4n) is 2.42. The van der Waals surface area contributed by atoms with E-state index in [-0.39, 0.29) is 12.5 Å². The van der Waals surface area contributed by atoms with Crippen LogP contribution in [-0.4, -0.2) is 23.6 Å². The molecule has 1 aromatic carbocycles. The lowest BCUT2D eigenvalue weighted by molar-refractivity contribution is -0.139. The van der Waals surface area contributed by atoms with Crippen LogP contribution in [0.15, 0.2) is 18.2 Å². The van der Waals surface area contributed by atoms with Crippen LogP contribution in [0.1, 0.15) is 39.2 Å². The summed E-state index contributed by atoms with van der Waals surface area (Å²) in [5.74, 6) is 0.379. The number of hydrogen-bond donors (Lipinski definition) is 2. The minimum absolute atomic E-state index is 0.00421. The Morgan fingerprint density at radius 2 is 1.95 bits per heavy atom. The highest BCUT2D eigenvalue weighted by molar-refractivity contribution is 5.91. The van der Waals surface area contributed by atoms with Gasteiger partial charge < -0.3 is 15.2 Å². The van der Waals surface area contributed by atoms with Crippen molar-refractivity contribution in [1.82, 2.24) is 0 Å². The van der Waals surface area contributed by atoms with Gasteiger partial charge in [-0.15, -0.1) is 0 Å². The summed E-state index contributed by atoms with van der Waals surface area (Å²) in [6, 6.07) is 5.11. The number of ether oxygens (including phenoxy) is 1. The number of aryl methyl sites for hydroxylation is 1. The summed E-state index contributed by atoms with van der Waals surface area (Å²) in [6.45, 7) is 7.84. The average Bonchev–Trinajstić information content (AvgIpc) is 2.37. The first kappa shape index (κ1) is 18.0. The van der Waals surface area contributed by atoms with Gasteiger partial charge in [0.2, 0.25) is 5.91 Å². The molecule has 1 aromatic rings. The summed E-state index contributed by atoms with van der Waals surface area (Å²) in [7, 11) is 0. The number of carboxylic acids is 1. The summed E-state index contributed by atoms with van der Waals surface area (Å²) < 4.78 is 5.10. The van der Waals surface area contributed by atoms with E-state index >= 15 is 0 Å². The van der Waals surface area contributed by atoms with E-state index in [9.17, 15) is 9.59 Å².